The van der Waals surface area contributed by atoms with Crippen LogP contribution in [0.25, 0.3) is 0 Å². The summed E-state index contributed by atoms with van der Waals surface area (Å²) in [6.45, 7) is 0.845. The average Bonchev–Trinajstić information content (AvgIpc) is 2.61. The first-order valence-electron chi connectivity index (χ1n) is 7.32. The molecule has 0 aliphatic rings. The number of nitriles is 1. The Morgan fingerprint density at radius 2 is 2.24 bits per heavy atom. The minimum Gasteiger partial charge on any atom is -0.344 e. The SMILES string of the molecule is N#CCCN(Cc1cccnc1)C(=S)NC(=O)c1cc(Br)ccc1Cl. The van der Waals surface area contributed by atoms with E-state index in [1.165, 1.54) is 0 Å². The van der Waals surface area contributed by atoms with Crippen molar-refractivity contribution in [1.82, 2.24) is 15.2 Å². The van der Waals surface area contributed by atoms with Gasteiger partial charge >= 0.3 is 0 Å². The molecule has 1 aromatic carbocycles. The summed E-state index contributed by atoms with van der Waals surface area (Å²) in [5.41, 5.74) is 1.25. The molecule has 0 aliphatic heterocycles. The molecule has 2 rings (SSSR count). The van der Waals surface area contributed by atoms with E-state index in [9.17, 15) is 4.79 Å². The van der Waals surface area contributed by atoms with Crippen molar-refractivity contribution in [2.75, 3.05) is 6.54 Å². The minimum atomic E-state index is -0.399. The summed E-state index contributed by atoms with van der Waals surface area (Å²) in [4.78, 5) is 18.3. The Morgan fingerprint density at radius 1 is 1.44 bits per heavy atom. The normalized spacial score (nSPS) is 9.96. The van der Waals surface area contributed by atoms with Gasteiger partial charge in [0.25, 0.3) is 5.91 Å². The van der Waals surface area contributed by atoms with Crippen LogP contribution in [0, 0.1) is 11.3 Å². The Kier molecular flexibility index (Phi) is 7.31. The number of carbonyl (C=O) groups is 1. The first kappa shape index (κ1) is 19.3. The molecule has 1 amide bonds. The number of hydrogen-bond donors (Lipinski definition) is 1. The van der Waals surface area contributed by atoms with Crippen molar-refractivity contribution in [3.05, 3.63) is 63.3 Å². The number of nitrogens with zero attached hydrogens (tertiary/aromatic N) is 3. The number of benzene rings is 1. The van der Waals surface area contributed by atoms with E-state index in [4.69, 9.17) is 29.1 Å². The van der Waals surface area contributed by atoms with Gasteiger partial charge in [0.05, 0.1) is 23.1 Å². The van der Waals surface area contributed by atoms with Gasteiger partial charge in [-0.05, 0) is 42.0 Å². The van der Waals surface area contributed by atoms with Gasteiger partial charge in [-0.3, -0.25) is 15.1 Å². The quantitative estimate of drug-likeness (QED) is 0.718. The van der Waals surface area contributed by atoms with Gasteiger partial charge in [-0.2, -0.15) is 5.26 Å². The molecule has 25 heavy (non-hydrogen) atoms. The molecule has 0 atom stereocenters. The first-order chi connectivity index (χ1) is 12.0. The van der Waals surface area contributed by atoms with Crippen molar-refractivity contribution in [1.29, 1.82) is 5.26 Å². The average molecular weight is 438 g/mol. The molecule has 1 aromatic heterocycles. The van der Waals surface area contributed by atoms with Crippen LogP contribution in [0.3, 0.4) is 0 Å². The minimum absolute atomic E-state index is 0.236. The number of rotatable bonds is 5. The summed E-state index contributed by atoms with van der Waals surface area (Å²) in [5, 5.41) is 12.1. The lowest BCUT2D eigenvalue weighted by atomic mass is 10.2. The third-order valence-electron chi connectivity index (χ3n) is 3.27. The van der Waals surface area contributed by atoms with Crippen LogP contribution in [-0.2, 0) is 6.54 Å². The van der Waals surface area contributed by atoms with E-state index in [0.717, 1.165) is 10.0 Å². The third kappa shape index (κ3) is 5.78. The number of pyridine rings is 1. The van der Waals surface area contributed by atoms with E-state index >= 15 is 0 Å². The molecular weight excluding hydrogens is 424 g/mol. The number of thiocarbonyl (C=S) groups is 1. The molecule has 0 fully saturated rings. The predicted molar refractivity (Wildman–Crippen MR) is 104 cm³/mol. The van der Waals surface area contributed by atoms with Crippen LogP contribution in [0.15, 0.2) is 47.2 Å². The van der Waals surface area contributed by atoms with Crippen LogP contribution in [0.5, 0.6) is 0 Å². The monoisotopic (exact) mass is 436 g/mol. The molecule has 1 heterocycles. The molecule has 0 aliphatic carbocycles. The molecule has 128 valence electrons. The van der Waals surface area contributed by atoms with Crippen molar-refractivity contribution in [2.24, 2.45) is 0 Å². The van der Waals surface area contributed by atoms with Crippen LogP contribution in [0.1, 0.15) is 22.3 Å². The highest BCUT2D eigenvalue weighted by Crippen LogP contribution is 2.21. The van der Waals surface area contributed by atoms with E-state index in [0.29, 0.717) is 23.7 Å². The number of carbonyl (C=O) groups excluding carboxylic acids is 1. The zero-order valence-corrected chi connectivity index (χ0v) is 16.2. The lowest BCUT2D eigenvalue weighted by Crippen LogP contribution is -2.42. The van der Waals surface area contributed by atoms with Crippen molar-refractivity contribution in [3.8, 4) is 6.07 Å². The molecule has 5 nitrogen and oxygen atoms in total. The highest BCUT2D eigenvalue weighted by Gasteiger charge is 2.16. The summed E-state index contributed by atoms with van der Waals surface area (Å²) in [7, 11) is 0. The maximum absolute atomic E-state index is 12.5. The fraction of sp³-hybridized carbons (Fsp3) is 0.176. The molecule has 1 N–H and O–H groups in total. The van der Waals surface area contributed by atoms with Crippen molar-refractivity contribution in [3.63, 3.8) is 0 Å². The fourth-order valence-electron chi connectivity index (χ4n) is 2.06. The summed E-state index contributed by atoms with van der Waals surface area (Å²) in [6.07, 6.45) is 3.68. The summed E-state index contributed by atoms with van der Waals surface area (Å²) in [5.74, 6) is -0.399. The zero-order valence-electron chi connectivity index (χ0n) is 13.1. The van der Waals surface area contributed by atoms with E-state index in [2.05, 4.69) is 32.3 Å². The molecular formula is C17H14BrClN4OS. The van der Waals surface area contributed by atoms with Gasteiger partial charge in [0.1, 0.15) is 0 Å². The molecule has 0 saturated carbocycles. The summed E-state index contributed by atoms with van der Waals surface area (Å²) < 4.78 is 0.740. The van der Waals surface area contributed by atoms with Crippen molar-refractivity contribution < 1.29 is 4.79 Å². The van der Waals surface area contributed by atoms with Crippen molar-refractivity contribution >= 4 is 50.8 Å². The third-order valence-corrected chi connectivity index (χ3v) is 4.45. The topological polar surface area (TPSA) is 69.0 Å². The number of nitrogens with one attached hydrogen (secondary N) is 1. The van der Waals surface area contributed by atoms with E-state index in [-0.39, 0.29) is 11.5 Å². The van der Waals surface area contributed by atoms with Gasteiger partial charge < -0.3 is 4.90 Å². The highest BCUT2D eigenvalue weighted by molar-refractivity contribution is 9.10. The van der Waals surface area contributed by atoms with Crippen LogP contribution >= 0.6 is 39.7 Å². The Labute approximate surface area is 164 Å². The molecule has 0 unspecified atom stereocenters. The fourth-order valence-corrected chi connectivity index (χ4v) is 2.88. The predicted octanol–water partition coefficient (Wildman–Crippen LogP) is 3.93. The number of hydrogen-bond acceptors (Lipinski definition) is 4. The van der Waals surface area contributed by atoms with Gasteiger partial charge in [0, 0.05) is 30.0 Å². The standard InChI is InChI=1S/C17H14BrClN4OS/c18-13-4-5-15(19)14(9-13)16(24)22-17(25)23(8-2-6-20)11-12-3-1-7-21-10-12/h1,3-5,7,9-10H,2,8,11H2,(H,22,24,25). The molecule has 0 radical (unpaired) electrons. The van der Waals surface area contributed by atoms with Gasteiger partial charge in [0.2, 0.25) is 0 Å². The lowest BCUT2D eigenvalue weighted by molar-refractivity contribution is 0.0973. The molecule has 0 bridgehead atoms. The summed E-state index contributed by atoms with van der Waals surface area (Å²) in [6, 6.07) is 10.8. The highest BCUT2D eigenvalue weighted by atomic mass is 79.9. The van der Waals surface area contributed by atoms with Gasteiger partial charge in [-0.1, -0.05) is 33.6 Å². The van der Waals surface area contributed by atoms with Gasteiger partial charge in [0.15, 0.2) is 5.11 Å². The Bertz CT molecular complexity index is 810. The number of aromatic nitrogens is 1. The number of halogens is 2. The van der Waals surface area contributed by atoms with Crippen LogP contribution < -0.4 is 5.32 Å². The van der Waals surface area contributed by atoms with Crippen LogP contribution in [0.2, 0.25) is 5.02 Å². The molecule has 8 heteroatoms. The van der Waals surface area contributed by atoms with E-state index < -0.39 is 5.91 Å². The second kappa shape index (κ2) is 9.47. The molecule has 0 saturated heterocycles. The second-order valence-electron chi connectivity index (χ2n) is 5.07. The van der Waals surface area contributed by atoms with Crippen LogP contribution in [0.4, 0.5) is 0 Å². The maximum Gasteiger partial charge on any atom is 0.258 e. The number of amides is 1. The molecule has 0 spiro atoms. The van der Waals surface area contributed by atoms with Gasteiger partial charge in [-0.15, -0.1) is 0 Å². The van der Waals surface area contributed by atoms with Crippen LogP contribution in [-0.4, -0.2) is 27.4 Å². The largest absolute Gasteiger partial charge is 0.344 e. The smallest absolute Gasteiger partial charge is 0.258 e. The second-order valence-corrected chi connectivity index (χ2v) is 6.78. The van der Waals surface area contributed by atoms with E-state index in [1.54, 1.807) is 35.5 Å². The lowest BCUT2D eigenvalue weighted by Gasteiger charge is -2.24. The summed E-state index contributed by atoms with van der Waals surface area (Å²) >= 11 is 14.7. The molecule has 2 aromatic rings. The van der Waals surface area contributed by atoms with E-state index in [1.807, 2.05) is 12.1 Å². The Morgan fingerprint density at radius 3 is 2.92 bits per heavy atom. The van der Waals surface area contributed by atoms with Crippen molar-refractivity contribution in [2.45, 2.75) is 13.0 Å². The Balaban J connectivity index is 2.11. The first-order valence-corrected chi connectivity index (χ1v) is 8.90. The van der Waals surface area contributed by atoms with Gasteiger partial charge in [-0.25, -0.2) is 0 Å². The Hall–Kier alpha value is -2.01. The zero-order chi connectivity index (χ0) is 18.2. The maximum atomic E-state index is 12.5.